The first kappa shape index (κ1) is 14.7. The molecule has 0 saturated heterocycles. The van der Waals surface area contributed by atoms with Crippen molar-refractivity contribution in [3.05, 3.63) is 33.9 Å². The molecule has 21 heavy (non-hydrogen) atoms. The summed E-state index contributed by atoms with van der Waals surface area (Å²) in [6.45, 7) is 2.50. The van der Waals surface area contributed by atoms with Crippen molar-refractivity contribution in [3.8, 4) is 5.88 Å². The summed E-state index contributed by atoms with van der Waals surface area (Å²) in [7, 11) is 1.33. The van der Waals surface area contributed by atoms with Gasteiger partial charge < -0.3 is 10.1 Å². The first-order chi connectivity index (χ1) is 10.1. The number of anilines is 1. The molecule has 0 atom stereocenters. The van der Waals surface area contributed by atoms with Crippen molar-refractivity contribution in [1.29, 1.82) is 0 Å². The molecule has 2 aromatic rings. The number of rotatable bonds is 7. The summed E-state index contributed by atoms with van der Waals surface area (Å²) in [6, 6.07) is 0. The molecule has 0 unspecified atom stereocenters. The number of nitro groups is 1. The van der Waals surface area contributed by atoms with Crippen LogP contribution in [0.3, 0.4) is 0 Å². The fraction of sp³-hybridized carbons (Fsp3) is 0.417. The zero-order valence-electron chi connectivity index (χ0n) is 11.8. The van der Waals surface area contributed by atoms with Crippen LogP contribution in [0.25, 0.3) is 0 Å². The Bertz CT molecular complexity index is 627. The largest absolute Gasteiger partial charge is 0.476 e. The molecular weight excluding hydrogens is 276 g/mol. The molecular formula is C12H16N6O3. The van der Waals surface area contributed by atoms with Gasteiger partial charge in [0.05, 0.1) is 18.2 Å². The molecule has 0 aliphatic carbocycles. The van der Waals surface area contributed by atoms with E-state index in [9.17, 15) is 10.1 Å². The number of hydrogen-bond donors (Lipinski definition) is 2. The Labute approximate surface area is 120 Å². The summed E-state index contributed by atoms with van der Waals surface area (Å²) in [6.07, 6.45) is 4.63. The van der Waals surface area contributed by atoms with Crippen LogP contribution in [0, 0.1) is 17.0 Å². The summed E-state index contributed by atoms with van der Waals surface area (Å²) < 4.78 is 4.88. The highest BCUT2D eigenvalue weighted by atomic mass is 16.6. The molecule has 0 aliphatic rings. The Kier molecular flexibility index (Phi) is 4.64. The van der Waals surface area contributed by atoms with Gasteiger partial charge in [-0.2, -0.15) is 10.1 Å². The molecule has 0 amide bonds. The number of H-pyrrole nitrogens is 1. The second kappa shape index (κ2) is 6.64. The van der Waals surface area contributed by atoms with Gasteiger partial charge in [0, 0.05) is 12.2 Å². The van der Waals surface area contributed by atoms with Crippen LogP contribution in [-0.2, 0) is 6.42 Å². The van der Waals surface area contributed by atoms with Gasteiger partial charge in [-0.25, -0.2) is 4.98 Å². The van der Waals surface area contributed by atoms with Crippen LogP contribution in [0.2, 0.25) is 0 Å². The lowest BCUT2D eigenvalue weighted by Crippen LogP contribution is -2.09. The lowest BCUT2D eigenvalue weighted by molar-refractivity contribution is -0.385. The quantitative estimate of drug-likeness (QED) is 0.450. The second-order valence-corrected chi connectivity index (χ2v) is 4.39. The molecule has 112 valence electrons. The average Bonchev–Trinajstić information content (AvgIpc) is 2.88. The van der Waals surface area contributed by atoms with E-state index in [4.69, 9.17) is 4.74 Å². The van der Waals surface area contributed by atoms with Crippen molar-refractivity contribution < 1.29 is 9.66 Å². The van der Waals surface area contributed by atoms with Gasteiger partial charge in [-0.15, -0.1) is 0 Å². The van der Waals surface area contributed by atoms with Crippen LogP contribution in [0.15, 0.2) is 12.5 Å². The molecule has 9 nitrogen and oxygen atoms in total. The average molecular weight is 292 g/mol. The molecule has 0 fully saturated rings. The normalized spacial score (nSPS) is 10.4. The zero-order chi connectivity index (χ0) is 15.2. The SMILES string of the molecule is COc1ncnc(NCCCc2cn[nH]c2C)c1[N+](=O)[O-]. The lowest BCUT2D eigenvalue weighted by atomic mass is 10.1. The van der Waals surface area contributed by atoms with Gasteiger partial charge in [-0.1, -0.05) is 0 Å². The predicted octanol–water partition coefficient (Wildman–Crippen LogP) is 1.47. The maximum absolute atomic E-state index is 11.1. The van der Waals surface area contributed by atoms with Crippen LogP contribution < -0.4 is 10.1 Å². The van der Waals surface area contributed by atoms with Crippen LogP contribution in [0.5, 0.6) is 5.88 Å². The number of aromatic nitrogens is 4. The number of ether oxygens (including phenoxy) is 1. The third kappa shape index (κ3) is 3.44. The van der Waals surface area contributed by atoms with Crippen molar-refractivity contribution in [2.45, 2.75) is 19.8 Å². The van der Waals surface area contributed by atoms with E-state index < -0.39 is 4.92 Å². The topological polar surface area (TPSA) is 119 Å². The highest BCUT2D eigenvalue weighted by molar-refractivity contribution is 5.60. The Hall–Kier alpha value is -2.71. The fourth-order valence-corrected chi connectivity index (χ4v) is 1.92. The van der Waals surface area contributed by atoms with E-state index in [1.54, 1.807) is 6.20 Å². The van der Waals surface area contributed by atoms with Gasteiger partial charge in [-0.05, 0) is 25.3 Å². The first-order valence-corrected chi connectivity index (χ1v) is 6.39. The van der Waals surface area contributed by atoms with Crippen molar-refractivity contribution in [1.82, 2.24) is 20.2 Å². The molecule has 0 spiro atoms. The number of aryl methyl sites for hydroxylation is 2. The third-order valence-corrected chi connectivity index (χ3v) is 3.01. The van der Waals surface area contributed by atoms with Gasteiger partial charge in [0.15, 0.2) is 0 Å². The molecule has 2 N–H and O–H groups in total. The van der Waals surface area contributed by atoms with Crippen molar-refractivity contribution in [2.24, 2.45) is 0 Å². The predicted molar refractivity (Wildman–Crippen MR) is 75.4 cm³/mol. The van der Waals surface area contributed by atoms with Gasteiger partial charge in [0.1, 0.15) is 6.33 Å². The molecule has 2 heterocycles. The molecule has 0 radical (unpaired) electrons. The zero-order valence-corrected chi connectivity index (χ0v) is 11.8. The van der Waals surface area contributed by atoms with Crippen LogP contribution in [0.1, 0.15) is 17.7 Å². The Morgan fingerprint density at radius 3 is 2.90 bits per heavy atom. The maximum atomic E-state index is 11.1. The number of methoxy groups -OCH3 is 1. The van der Waals surface area contributed by atoms with E-state index in [-0.39, 0.29) is 17.4 Å². The molecule has 0 aliphatic heterocycles. The van der Waals surface area contributed by atoms with Crippen molar-refractivity contribution in [2.75, 3.05) is 19.0 Å². The Morgan fingerprint density at radius 1 is 1.48 bits per heavy atom. The van der Waals surface area contributed by atoms with E-state index in [1.807, 2.05) is 6.92 Å². The van der Waals surface area contributed by atoms with Gasteiger partial charge in [-0.3, -0.25) is 15.2 Å². The van der Waals surface area contributed by atoms with E-state index in [1.165, 1.54) is 13.4 Å². The van der Waals surface area contributed by atoms with Crippen molar-refractivity contribution in [3.63, 3.8) is 0 Å². The molecule has 0 saturated carbocycles. The standard InChI is InChI=1S/C12H16N6O3/c1-8-9(6-16-17-8)4-3-5-13-11-10(18(19)20)12(21-2)15-7-14-11/h6-7H,3-5H2,1-2H3,(H,16,17)(H,13,14,15). The maximum Gasteiger partial charge on any atom is 0.372 e. The van der Waals surface area contributed by atoms with Crippen LogP contribution in [0.4, 0.5) is 11.5 Å². The summed E-state index contributed by atoms with van der Waals surface area (Å²) >= 11 is 0. The minimum absolute atomic E-state index is 0.0526. The summed E-state index contributed by atoms with van der Waals surface area (Å²) in [5.74, 6) is 0.110. The van der Waals surface area contributed by atoms with Gasteiger partial charge >= 0.3 is 5.69 Å². The number of aromatic amines is 1. The molecule has 0 bridgehead atoms. The van der Waals surface area contributed by atoms with E-state index in [2.05, 4.69) is 25.5 Å². The number of hydrogen-bond acceptors (Lipinski definition) is 7. The monoisotopic (exact) mass is 292 g/mol. The summed E-state index contributed by atoms with van der Waals surface area (Å²) in [5.41, 5.74) is 1.91. The summed E-state index contributed by atoms with van der Waals surface area (Å²) in [5, 5.41) is 20.8. The van der Waals surface area contributed by atoms with Gasteiger partial charge in [0.25, 0.3) is 5.88 Å². The lowest BCUT2D eigenvalue weighted by Gasteiger charge is -2.07. The van der Waals surface area contributed by atoms with E-state index >= 15 is 0 Å². The molecule has 2 aromatic heterocycles. The molecule has 0 aromatic carbocycles. The minimum Gasteiger partial charge on any atom is -0.476 e. The minimum atomic E-state index is -0.554. The van der Waals surface area contributed by atoms with E-state index in [0.717, 1.165) is 24.1 Å². The fourth-order valence-electron chi connectivity index (χ4n) is 1.92. The van der Waals surface area contributed by atoms with Gasteiger partial charge in [0.2, 0.25) is 5.82 Å². The smallest absolute Gasteiger partial charge is 0.372 e. The van der Waals surface area contributed by atoms with Crippen molar-refractivity contribution >= 4 is 11.5 Å². The third-order valence-electron chi connectivity index (χ3n) is 3.01. The molecule has 2 rings (SSSR count). The second-order valence-electron chi connectivity index (χ2n) is 4.39. The Morgan fingerprint density at radius 2 is 2.29 bits per heavy atom. The number of nitrogens with zero attached hydrogens (tertiary/aromatic N) is 4. The summed E-state index contributed by atoms with van der Waals surface area (Å²) in [4.78, 5) is 18.1. The Balaban J connectivity index is 1.97. The highest BCUT2D eigenvalue weighted by Gasteiger charge is 2.23. The molecule has 9 heteroatoms. The van der Waals surface area contributed by atoms with E-state index in [0.29, 0.717) is 6.54 Å². The first-order valence-electron chi connectivity index (χ1n) is 6.39. The van der Waals surface area contributed by atoms with Crippen LogP contribution >= 0.6 is 0 Å². The number of nitrogens with one attached hydrogen (secondary N) is 2. The highest BCUT2D eigenvalue weighted by Crippen LogP contribution is 2.30. The van der Waals surface area contributed by atoms with Crippen LogP contribution in [-0.4, -0.2) is 38.7 Å².